The fourth-order valence-corrected chi connectivity index (χ4v) is 3.18. The maximum Gasteiger partial charge on any atom is 0.314 e. The van der Waals surface area contributed by atoms with E-state index in [-0.39, 0.29) is 5.92 Å². The summed E-state index contributed by atoms with van der Waals surface area (Å²) in [5, 5.41) is 9.91. The second kappa shape index (κ2) is 5.57. The summed E-state index contributed by atoms with van der Waals surface area (Å²) < 4.78 is 10.5. The van der Waals surface area contributed by atoms with E-state index < -0.39 is 11.4 Å². The summed E-state index contributed by atoms with van der Waals surface area (Å²) in [4.78, 5) is 16.5. The standard InChI is InChI=1S/C18H19NO4/c1-11-7-8-15(22-2)12(9-11)18(17(20)21)10-13(18)14-5-4-6-16(19-14)23-3/h4-9,13H,10H2,1-3H3,(H,20,21)/t13-,18-/m1/s1. The minimum absolute atomic E-state index is 0.189. The molecule has 0 bridgehead atoms. The number of carboxylic acid groups (broad SMARTS) is 1. The molecule has 1 heterocycles. The van der Waals surface area contributed by atoms with Crippen molar-refractivity contribution in [3.8, 4) is 11.6 Å². The molecule has 5 nitrogen and oxygen atoms in total. The summed E-state index contributed by atoms with van der Waals surface area (Å²) in [7, 11) is 3.11. The van der Waals surface area contributed by atoms with Gasteiger partial charge < -0.3 is 14.6 Å². The number of benzene rings is 1. The monoisotopic (exact) mass is 313 g/mol. The maximum absolute atomic E-state index is 12.1. The van der Waals surface area contributed by atoms with Gasteiger partial charge >= 0.3 is 5.97 Å². The number of nitrogens with zero attached hydrogens (tertiary/aromatic N) is 1. The van der Waals surface area contributed by atoms with Crippen LogP contribution in [0.15, 0.2) is 36.4 Å². The van der Waals surface area contributed by atoms with Gasteiger partial charge in [-0.3, -0.25) is 4.79 Å². The largest absolute Gasteiger partial charge is 0.496 e. The summed E-state index contributed by atoms with van der Waals surface area (Å²) in [5.41, 5.74) is 1.46. The topological polar surface area (TPSA) is 68.7 Å². The van der Waals surface area contributed by atoms with Crippen molar-refractivity contribution in [1.82, 2.24) is 4.98 Å². The molecule has 1 aromatic carbocycles. The van der Waals surface area contributed by atoms with Gasteiger partial charge in [0.2, 0.25) is 5.88 Å². The zero-order chi connectivity index (χ0) is 16.6. The molecule has 2 aromatic rings. The zero-order valence-electron chi connectivity index (χ0n) is 13.4. The number of aromatic nitrogens is 1. The Balaban J connectivity index is 2.07. The van der Waals surface area contributed by atoms with Crippen molar-refractivity contribution >= 4 is 5.97 Å². The highest BCUT2D eigenvalue weighted by Crippen LogP contribution is 2.62. The molecular weight excluding hydrogens is 294 g/mol. The number of pyridine rings is 1. The summed E-state index contributed by atoms with van der Waals surface area (Å²) in [5.74, 6) is 0.0510. The average molecular weight is 313 g/mol. The van der Waals surface area contributed by atoms with Gasteiger partial charge in [0.25, 0.3) is 0 Å². The van der Waals surface area contributed by atoms with Gasteiger partial charge in [-0.2, -0.15) is 0 Å². The smallest absolute Gasteiger partial charge is 0.314 e. The predicted molar refractivity (Wildman–Crippen MR) is 85.2 cm³/mol. The summed E-state index contributed by atoms with van der Waals surface area (Å²) in [6.45, 7) is 1.94. The van der Waals surface area contributed by atoms with Crippen LogP contribution in [0.3, 0.4) is 0 Å². The molecule has 1 N–H and O–H groups in total. The molecule has 0 amide bonds. The van der Waals surface area contributed by atoms with Crippen molar-refractivity contribution in [2.75, 3.05) is 14.2 Å². The minimum atomic E-state index is -0.989. The van der Waals surface area contributed by atoms with E-state index in [1.807, 2.05) is 37.3 Å². The first-order valence-electron chi connectivity index (χ1n) is 7.42. The van der Waals surface area contributed by atoms with Gasteiger partial charge in [-0.05, 0) is 25.5 Å². The number of methoxy groups -OCH3 is 2. The summed E-state index contributed by atoms with van der Waals surface area (Å²) >= 11 is 0. The van der Waals surface area contributed by atoms with Crippen molar-refractivity contribution in [2.45, 2.75) is 24.7 Å². The quantitative estimate of drug-likeness (QED) is 0.919. The SMILES string of the molecule is COc1cccc([C@H]2C[C@@]2(C(=O)O)c2cc(C)ccc2OC)n1. The lowest BCUT2D eigenvalue weighted by atomic mass is 9.90. The van der Waals surface area contributed by atoms with Gasteiger partial charge in [0.15, 0.2) is 0 Å². The Kier molecular flexibility index (Phi) is 3.72. The van der Waals surface area contributed by atoms with Crippen LogP contribution in [-0.4, -0.2) is 30.3 Å². The molecule has 120 valence electrons. The number of carboxylic acids is 1. The van der Waals surface area contributed by atoms with Crippen LogP contribution < -0.4 is 9.47 Å². The molecule has 1 aromatic heterocycles. The number of hydrogen-bond donors (Lipinski definition) is 1. The van der Waals surface area contributed by atoms with E-state index in [9.17, 15) is 9.90 Å². The number of hydrogen-bond acceptors (Lipinski definition) is 4. The van der Waals surface area contributed by atoms with Crippen LogP contribution in [0.1, 0.15) is 29.2 Å². The Bertz CT molecular complexity index is 758. The van der Waals surface area contributed by atoms with Crippen LogP contribution in [0.25, 0.3) is 0 Å². The number of rotatable bonds is 5. The number of aryl methyl sites for hydroxylation is 1. The molecule has 0 saturated heterocycles. The molecule has 1 aliphatic carbocycles. The van der Waals surface area contributed by atoms with Crippen LogP contribution in [0.4, 0.5) is 0 Å². The van der Waals surface area contributed by atoms with E-state index in [0.717, 1.165) is 11.3 Å². The van der Waals surface area contributed by atoms with E-state index in [0.29, 0.717) is 23.6 Å². The van der Waals surface area contributed by atoms with E-state index in [2.05, 4.69) is 4.98 Å². The second-order valence-corrected chi connectivity index (χ2v) is 5.84. The van der Waals surface area contributed by atoms with Crippen molar-refractivity contribution in [2.24, 2.45) is 0 Å². The first-order chi connectivity index (χ1) is 11.0. The van der Waals surface area contributed by atoms with Gasteiger partial charge in [0.1, 0.15) is 11.2 Å². The molecule has 0 radical (unpaired) electrons. The molecular formula is C18H19NO4. The number of aliphatic carboxylic acids is 1. The predicted octanol–water partition coefficient (Wildman–Crippen LogP) is 2.92. The van der Waals surface area contributed by atoms with Crippen LogP contribution in [-0.2, 0) is 10.2 Å². The lowest BCUT2D eigenvalue weighted by Gasteiger charge is -2.17. The van der Waals surface area contributed by atoms with Crippen LogP contribution in [0.5, 0.6) is 11.6 Å². The molecule has 0 aliphatic heterocycles. The van der Waals surface area contributed by atoms with Crippen LogP contribution >= 0.6 is 0 Å². The minimum Gasteiger partial charge on any atom is -0.496 e. The maximum atomic E-state index is 12.1. The summed E-state index contributed by atoms with van der Waals surface area (Å²) in [6.07, 6.45) is 0.502. The van der Waals surface area contributed by atoms with E-state index >= 15 is 0 Å². The van der Waals surface area contributed by atoms with Gasteiger partial charge in [-0.25, -0.2) is 4.98 Å². The van der Waals surface area contributed by atoms with Crippen molar-refractivity contribution < 1.29 is 19.4 Å². The van der Waals surface area contributed by atoms with Crippen molar-refractivity contribution in [3.63, 3.8) is 0 Å². The first-order valence-corrected chi connectivity index (χ1v) is 7.42. The van der Waals surface area contributed by atoms with Gasteiger partial charge in [0.05, 0.1) is 14.2 Å². The molecule has 2 atom stereocenters. The Morgan fingerprint density at radius 2 is 2.04 bits per heavy atom. The third-order valence-corrected chi connectivity index (χ3v) is 4.49. The van der Waals surface area contributed by atoms with Crippen LogP contribution in [0, 0.1) is 6.92 Å². The lowest BCUT2D eigenvalue weighted by Crippen LogP contribution is -2.23. The molecule has 0 spiro atoms. The fourth-order valence-electron chi connectivity index (χ4n) is 3.18. The third-order valence-electron chi connectivity index (χ3n) is 4.49. The third kappa shape index (κ3) is 2.42. The Hall–Kier alpha value is -2.56. The van der Waals surface area contributed by atoms with E-state index in [1.165, 1.54) is 0 Å². The highest BCUT2D eigenvalue weighted by Gasteiger charge is 2.64. The normalized spacial score (nSPS) is 22.5. The first kappa shape index (κ1) is 15.3. The summed E-state index contributed by atoms with van der Waals surface area (Å²) in [6, 6.07) is 11.1. The number of carbonyl (C=O) groups is 1. The average Bonchev–Trinajstić information content (AvgIpc) is 3.32. The zero-order valence-corrected chi connectivity index (χ0v) is 13.4. The molecule has 1 aliphatic rings. The van der Waals surface area contributed by atoms with E-state index in [4.69, 9.17) is 9.47 Å². The molecule has 1 saturated carbocycles. The Morgan fingerprint density at radius 1 is 1.26 bits per heavy atom. The van der Waals surface area contributed by atoms with Crippen molar-refractivity contribution in [3.05, 3.63) is 53.2 Å². The van der Waals surface area contributed by atoms with Crippen molar-refractivity contribution in [1.29, 1.82) is 0 Å². The number of ether oxygens (including phenoxy) is 2. The molecule has 5 heteroatoms. The Morgan fingerprint density at radius 3 is 2.70 bits per heavy atom. The van der Waals surface area contributed by atoms with Gasteiger partial charge in [-0.15, -0.1) is 0 Å². The molecule has 3 rings (SSSR count). The second-order valence-electron chi connectivity index (χ2n) is 5.84. The Labute approximate surface area is 134 Å². The molecule has 0 unspecified atom stereocenters. The molecule has 1 fully saturated rings. The molecule has 23 heavy (non-hydrogen) atoms. The fraction of sp³-hybridized carbons (Fsp3) is 0.333. The van der Waals surface area contributed by atoms with Crippen LogP contribution in [0.2, 0.25) is 0 Å². The highest BCUT2D eigenvalue weighted by molar-refractivity contribution is 5.88. The van der Waals surface area contributed by atoms with Gasteiger partial charge in [-0.1, -0.05) is 23.8 Å². The van der Waals surface area contributed by atoms with Gasteiger partial charge in [0, 0.05) is 23.2 Å². The highest BCUT2D eigenvalue weighted by atomic mass is 16.5. The van der Waals surface area contributed by atoms with E-state index in [1.54, 1.807) is 20.3 Å². The lowest BCUT2D eigenvalue weighted by molar-refractivity contribution is -0.140.